The summed E-state index contributed by atoms with van der Waals surface area (Å²) in [5.41, 5.74) is 0.956. The molecule has 0 saturated heterocycles. The maximum absolute atomic E-state index is 12.3. The molecule has 2 rings (SSSR count). The first-order chi connectivity index (χ1) is 9.50. The molecular weight excluding hydrogens is 256 g/mol. The second-order valence-corrected chi connectivity index (χ2v) is 4.53. The van der Waals surface area contributed by atoms with E-state index in [4.69, 9.17) is 5.11 Å². The number of hydrogen-bond acceptors (Lipinski definition) is 3. The third kappa shape index (κ3) is 2.69. The van der Waals surface area contributed by atoms with Crippen LogP contribution in [-0.4, -0.2) is 22.0 Å². The van der Waals surface area contributed by atoms with Crippen LogP contribution in [0.1, 0.15) is 39.1 Å². The number of rotatable bonds is 4. The van der Waals surface area contributed by atoms with Gasteiger partial charge in [0.2, 0.25) is 0 Å². The summed E-state index contributed by atoms with van der Waals surface area (Å²) in [6.45, 7) is 1.78. The molecule has 0 aliphatic carbocycles. The van der Waals surface area contributed by atoms with Crippen molar-refractivity contribution in [2.24, 2.45) is 0 Å². The molecule has 0 heterocycles. The van der Waals surface area contributed by atoms with Gasteiger partial charge in [0.25, 0.3) is 0 Å². The molecule has 20 heavy (non-hydrogen) atoms. The van der Waals surface area contributed by atoms with E-state index in [2.05, 4.69) is 0 Å². The van der Waals surface area contributed by atoms with E-state index in [0.717, 1.165) is 5.56 Å². The molecule has 4 nitrogen and oxygen atoms in total. The summed E-state index contributed by atoms with van der Waals surface area (Å²) in [5, 5.41) is 18.5. The monoisotopic (exact) mass is 270 g/mol. The average molecular weight is 270 g/mol. The fraction of sp³-hybridized carbons (Fsp3) is 0.125. The standard InChI is InChI=1S/C16H14O4/c1-10(11-5-3-2-4-6-11)15(18)12-7-8-13(16(19)20)14(17)9-12/h2-10,17H,1H3,(H,19,20). The second-order valence-electron chi connectivity index (χ2n) is 4.53. The fourth-order valence-electron chi connectivity index (χ4n) is 2.01. The highest BCUT2D eigenvalue weighted by Gasteiger charge is 2.19. The largest absolute Gasteiger partial charge is 0.507 e. The van der Waals surface area contributed by atoms with E-state index < -0.39 is 11.7 Å². The lowest BCUT2D eigenvalue weighted by Crippen LogP contribution is -2.10. The van der Waals surface area contributed by atoms with Crippen LogP contribution in [0.15, 0.2) is 48.5 Å². The third-order valence-electron chi connectivity index (χ3n) is 3.21. The van der Waals surface area contributed by atoms with Crippen LogP contribution in [0.5, 0.6) is 5.75 Å². The molecule has 4 heteroatoms. The Balaban J connectivity index is 2.30. The van der Waals surface area contributed by atoms with Crippen molar-refractivity contribution in [3.63, 3.8) is 0 Å². The van der Waals surface area contributed by atoms with E-state index in [0.29, 0.717) is 5.56 Å². The molecule has 2 N–H and O–H groups in total. The van der Waals surface area contributed by atoms with Gasteiger partial charge in [-0.25, -0.2) is 4.79 Å². The molecule has 0 bridgehead atoms. The number of carboxylic acids is 1. The summed E-state index contributed by atoms with van der Waals surface area (Å²) < 4.78 is 0. The van der Waals surface area contributed by atoms with Crippen LogP contribution in [-0.2, 0) is 0 Å². The molecule has 0 aliphatic rings. The first-order valence-electron chi connectivity index (χ1n) is 6.16. The number of aromatic hydroxyl groups is 1. The molecule has 1 atom stereocenters. The van der Waals surface area contributed by atoms with Gasteiger partial charge in [-0.05, 0) is 17.7 Å². The number of hydrogen-bond donors (Lipinski definition) is 2. The molecule has 0 aliphatic heterocycles. The Morgan fingerprint density at radius 3 is 2.25 bits per heavy atom. The Labute approximate surface area is 116 Å². The minimum atomic E-state index is -1.22. The van der Waals surface area contributed by atoms with E-state index in [1.165, 1.54) is 18.2 Å². The van der Waals surface area contributed by atoms with Crippen molar-refractivity contribution in [3.8, 4) is 5.75 Å². The lowest BCUT2D eigenvalue weighted by Gasteiger charge is -2.11. The fourth-order valence-corrected chi connectivity index (χ4v) is 2.01. The summed E-state index contributed by atoms with van der Waals surface area (Å²) in [5.74, 6) is -2.14. The van der Waals surface area contributed by atoms with Crippen LogP contribution in [0.3, 0.4) is 0 Å². The smallest absolute Gasteiger partial charge is 0.339 e. The van der Waals surface area contributed by atoms with Gasteiger partial charge in [-0.2, -0.15) is 0 Å². The van der Waals surface area contributed by atoms with E-state index in [1.807, 2.05) is 30.3 Å². The van der Waals surface area contributed by atoms with Gasteiger partial charge in [0.05, 0.1) is 0 Å². The summed E-state index contributed by atoms with van der Waals surface area (Å²) in [6, 6.07) is 13.1. The zero-order valence-corrected chi connectivity index (χ0v) is 10.9. The molecule has 2 aromatic carbocycles. The lowest BCUT2D eigenvalue weighted by atomic mass is 9.92. The van der Waals surface area contributed by atoms with Crippen LogP contribution in [0.4, 0.5) is 0 Å². The molecule has 0 spiro atoms. The van der Waals surface area contributed by atoms with Gasteiger partial charge in [-0.3, -0.25) is 4.79 Å². The molecule has 102 valence electrons. The molecule has 0 radical (unpaired) electrons. The van der Waals surface area contributed by atoms with Gasteiger partial charge in [0, 0.05) is 11.5 Å². The molecule has 0 fully saturated rings. The highest BCUT2D eigenvalue weighted by Crippen LogP contribution is 2.24. The van der Waals surface area contributed by atoms with Gasteiger partial charge >= 0.3 is 5.97 Å². The van der Waals surface area contributed by atoms with Crippen LogP contribution < -0.4 is 0 Å². The maximum Gasteiger partial charge on any atom is 0.339 e. The molecule has 1 unspecified atom stereocenters. The zero-order valence-electron chi connectivity index (χ0n) is 10.9. The Morgan fingerprint density at radius 2 is 1.70 bits per heavy atom. The Bertz CT molecular complexity index is 647. The van der Waals surface area contributed by atoms with Crippen molar-refractivity contribution in [3.05, 3.63) is 65.2 Å². The number of aromatic carboxylic acids is 1. The number of carbonyl (C=O) groups excluding carboxylic acids is 1. The van der Waals surface area contributed by atoms with Crippen molar-refractivity contribution in [2.75, 3.05) is 0 Å². The normalized spacial score (nSPS) is 11.8. The molecule has 0 amide bonds. The molecule has 0 aromatic heterocycles. The minimum Gasteiger partial charge on any atom is -0.507 e. The SMILES string of the molecule is CC(C(=O)c1ccc(C(=O)O)c(O)c1)c1ccccc1. The van der Waals surface area contributed by atoms with E-state index in [9.17, 15) is 14.7 Å². The van der Waals surface area contributed by atoms with Crippen molar-refractivity contribution in [2.45, 2.75) is 12.8 Å². The van der Waals surface area contributed by atoms with E-state index >= 15 is 0 Å². The highest BCUT2D eigenvalue weighted by atomic mass is 16.4. The third-order valence-corrected chi connectivity index (χ3v) is 3.21. The van der Waals surface area contributed by atoms with Gasteiger partial charge < -0.3 is 10.2 Å². The summed E-state index contributed by atoms with van der Waals surface area (Å²) in [6.07, 6.45) is 0. The molecular formula is C16H14O4. The maximum atomic E-state index is 12.3. The predicted molar refractivity (Wildman–Crippen MR) is 74.3 cm³/mol. The zero-order chi connectivity index (χ0) is 14.7. The van der Waals surface area contributed by atoms with Gasteiger partial charge in [-0.15, -0.1) is 0 Å². The summed E-state index contributed by atoms with van der Waals surface area (Å²) in [7, 11) is 0. The van der Waals surface area contributed by atoms with Gasteiger partial charge in [0.15, 0.2) is 5.78 Å². The average Bonchev–Trinajstić information content (AvgIpc) is 2.46. The minimum absolute atomic E-state index is 0.163. The molecule has 2 aromatic rings. The van der Waals surface area contributed by atoms with Crippen LogP contribution >= 0.6 is 0 Å². The first-order valence-corrected chi connectivity index (χ1v) is 6.16. The highest BCUT2D eigenvalue weighted by molar-refractivity contribution is 6.02. The predicted octanol–water partition coefficient (Wildman–Crippen LogP) is 3.08. The van der Waals surface area contributed by atoms with E-state index in [1.54, 1.807) is 6.92 Å². The summed E-state index contributed by atoms with van der Waals surface area (Å²) >= 11 is 0. The Hall–Kier alpha value is -2.62. The Morgan fingerprint density at radius 1 is 1.05 bits per heavy atom. The summed E-state index contributed by atoms with van der Waals surface area (Å²) in [4.78, 5) is 23.1. The topological polar surface area (TPSA) is 74.6 Å². The van der Waals surface area contributed by atoms with Gasteiger partial charge in [0.1, 0.15) is 11.3 Å². The number of phenols is 1. The van der Waals surface area contributed by atoms with Gasteiger partial charge in [-0.1, -0.05) is 43.3 Å². The van der Waals surface area contributed by atoms with Crippen LogP contribution in [0.25, 0.3) is 0 Å². The molecule has 0 saturated carbocycles. The van der Waals surface area contributed by atoms with E-state index in [-0.39, 0.29) is 17.3 Å². The van der Waals surface area contributed by atoms with Crippen molar-refractivity contribution in [1.29, 1.82) is 0 Å². The number of ketones is 1. The van der Waals surface area contributed by atoms with Crippen LogP contribution in [0, 0.1) is 0 Å². The van der Waals surface area contributed by atoms with Crippen molar-refractivity contribution >= 4 is 11.8 Å². The second kappa shape index (κ2) is 5.57. The number of carboxylic acid groups (broad SMARTS) is 1. The lowest BCUT2D eigenvalue weighted by molar-refractivity contribution is 0.0693. The van der Waals surface area contributed by atoms with Crippen molar-refractivity contribution < 1.29 is 19.8 Å². The number of carbonyl (C=O) groups is 2. The quantitative estimate of drug-likeness (QED) is 0.837. The number of benzene rings is 2. The Kier molecular flexibility index (Phi) is 3.84. The van der Waals surface area contributed by atoms with Crippen LogP contribution in [0.2, 0.25) is 0 Å². The van der Waals surface area contributed by atoms with Crippen molar-refractivity contribution in [1.82, 2.24) is 0 Å². The number of Topliss-reactive ketones (excluding diaryl/α,β-unsaturated/α-hetero) is 1. The first kappa shape index (κ1) is 13.8.